The van der Waals surface area contributed by atoms with Crippen LogP contribution in [0.15, 0.2) is 18.2 Å². The second kappa shape index (κ2) is 3.70. The summed E-state index contributed by atoms with van der Waals surface area (Å²) in [5.74, 6) is -0.194. The van der Waals surface area contributed by atoms with E-state index in [4.69, 9.17) is 5.73 Å². The lowest BCUT2D eigenvalue weighted by Crippen LogP contribution is -2.49. The summed E-state index contributed by atoms with van der Waals surface area (Å²) in [7, 11) is 3.97. The predicted molar refractivity (Wildman–Crippen MR) is 60.9 cm³/mol. The maximum Gasteiger partial charge on any atom is 0.125 e. The molecular formula is C11H16FN3. The topological polar surface area (TPSA) is 32.5 Å². The normalized spacial score (nSPS) is 20.4. The molecule has 15 heavy (non-hydrogen) atoms. The van der Waals surface area contributed by atoms with E-state index in [2.05, 4.69) is 9.80 Å². The quantitative estimate of drug-likeness (QED) is 0.750. The highest BCUT2D eigenvalue weighted by Crippen LogP contribution is 2.33. The van der Waals surface area contributed by atoms with E-state index >= 15 is 0 Å². The average Bonchev–Trinajstić information content (AvgIpc) is 2.23. The van der Waals surface area contributed by atoms with E-state index in [-0.39, 0.29) is 5.82 Å². The third-order valence-corrected chi connectivity index (χ3v) is 3.03. The molecule has 2 rings (SSSR count). The van der Waals surface area contributed by atoms with Gasteiger partial charge in [-0.2, -0.15) is 0 Å². The lowest BCUT2D eigenvalue weighted by atomic mass is 10.1. The third kappa shape index (κ3) is 1.65. The second-order valence-electron chi connectivity index (χ2n) is 4.01. The van der Waals surface area contributed by atoms with Gasteiger partial charge in [0.2, 0.25) is 0 Å². The van der Waals surface area contributed by atoms with Gasteiger partial charge in [0.15, 0.2) is 0 Å². The van der Waals surface area contributed by atoms with Crippen LogP contribution < -0.4 is 15.5 Å². The number of hydrogen-bond acceptors (Lipinski definition) is 3. The molecule has 0 aliphatic carbocycles. The molecule has 4 heteroatoms. The molecule has 0 bridgehead atoms. The SMILES string of the molecule is CN1CC(CN)N(C)c2ccc(F)cc21. The van der Waals surface area contributed by atoms with E-state index in [1.54, 1.807) is 6.07 Å². The standard InChI is InChI=1S/C11H16FN3/c1-14-7-9(6-13)15(2)10-4-3-8(12)5-11(10)14/h3-5,9H,6-7,13H2,1-2H3. The Labute approximate surface area is 89.3 Å². The molecule has 1 aromatic carbocycles. The molecule has 0 aromatic heterocycles. The van der Waals surface area contributed by atoms with Crippen LogP contribution in [0.3, 0.4) is 0 Å². The summed E-state index contributed by atoms with van der Waals surface area (Å²) in [6.07, 6.45) is 0. The van der Waals surface area contributed by atoms with Gasteiger partial charge in [0.25, 0.3) is 0 Å². The number of halogens is 1. The van der Waals surface area contributed by atoms with Gasteiger partial charge >= 0.3 is 0 Å². The molecule has 0 saturated carbocycles. The number of benzene rings is 1. The molecule has 1 heterocycles. The summed E-state index contributed by atoms with van der Waals surface area (Å²) >= 11 is 0. The van der Waals surface area contributed by atoms with Crippen molar-refractivity contribution in [3.05, 3.63) is 24.0 Å². The van der Waals surface area contributed by atoms with E-state index in [1.165, 1.54) is 6.07 Å². The first-order valence-electron chi connectivity index (χ1n) is 5.07. The summed E-state index contributed by atoms with van der Waals surface area (Å²) in [4.78, 5) is 4.17. The van der Waals surface area contributed by atoms with E-state index in [1.807, 2.05) is 20.2 Å². The van der Waals surface area contributed by atoms with Crippen LogP contribution in [-0.4, -0.2) is 33.2 Å². The van der Waals surface area contributed by atoms with Crippen LogP contribution in [0.5, 0.6) is 0 Å². The van der Waals surface area contributed by atoms with E-state index in [0.29, 0.717) is 12.6 Å². The van der Waals surface area contributed by atoms with E-state index < -0.39 is 0 Å². The molecule has 1 atom stereocenters. The molecule has 2 N–H and O–H groups in total. The maximum atomic E-state index is 13.1. The molecule has 1 aromatic rings. The summed E-state index contributed by atoms with van der Waals surface area (Å²) in [5, 5.41) is 0. The van der Waals surface area contributed by atoms with Crippen LogP contribution in [0.4, 0.5) is 15.8 Å². The lowest BCUT2D eigenvalue weighted by molar-refractivity contribution is 0.598. The summed E-state index contributed by atoms with van der Waals surface area (Å²) in [6.45, 7) is 1.45. The van der Waals surface area contributed by atoms with Gasteiger partial charge in [0, 0.05) is 27.2 Å². The number of likely N-dealkylation sites (N-methyl/N-ethyl adjacent to an activating group) is 2. The van der Waals surface area contributed by atoms with Crippen molar-refractivity contribution in [1.82, 2.24) is 0 Å². The molecule has 0 spiro atoms. The molecule has 0 fully saturated rings. The van der Waals surface area contributed by atoms with Crippen molar-refractivity contribution in [2.45, 2.75) is 6.04 Å². The Morgan fingerprint density at radius 2 is 2.13 bits per heavy atom. The molecule has 0 saturated heterocycles. The number of anilines is 2. The molecule has 0 radical (unpaired) electrons. The van der Waals surface area contributed by atoms with Gasteiger partial charge in [-0.05, 0) is 18.2 Å². The summed E-state index contributed by atoms with van der Waals surface area (Å²) in [6, 6.07) is 5.16. The van der Waals surface area contributed by atoms with Crippen molar-refractivity contribution in [2.75, 3.05) is 37.0 Å². The van der Waals surface area contributed by atoms with Gasteiger partial charge in [-0.25, -0.2) is 4.39 Å². The zero-order chi connectivity index (χ0) is 11.0. The van der Waals surface area contributed by atoms with Crippen LogP contribution in [0.25, 0.3) is 0 Å². The zero-order valence-electron chi connectivity index (χ0n) is 9.07. The fraction of sp³-hybridized carbons (Fsp3) is 0.455. The Bertz CT molecular complexity index is 367. The van der Waals surface area contributed by atoms with Gasteiger partial charge in [0.05, 0.1) is 17.4 Å². The monoisotopic (exact) mass is 209 g/mol. The van der Waals surface area contributed by atoms with Gasteiger partial charge in [0.1, 0.15) is 5.82 Å². The van der Waals surface area contributed by atoms with Crippen LogP contribution in [0.2, 0.25) is 0 Å². The number of hydrogen-bond donors (Lipinski definition) is 1. The van der Waals surface area contributed by atoms with Crippen molar-refractivity contribution >= 4 is 11.4 Å². The molecule has 1 aliphatic heterocycles. The smallest absolute Gasteiger partial charge is 0.125 e. The Morgan fingerprint density at radius 3 is 2.80 bits per heavy atom. The second-order valence-corrected chi connectivity index (χ2v) is 4.01. The minimum absolute atomic E-state index is 0.194. The van der Waals surface area contributed by atoms with Gasteiger partial charge < -0.3 is 15.5 Å². The highest BCUT2D eigenvalue weighted by atomic mass is 19.1. The number of fused-ring (bicyclic) bond motifs is 1. The lowest BCUT2D eigenvalue weighted by Gasteiger charge is -2.40. The van der Waals surface area contributed by atoms with Crippen molar-refractivity contribution in [1.29, 1.82) is 0 Å². The van der Waals surface area contributed by atoms with Crippen LogP contribution in [0.1, 0.15) is 0 Å². The predicted octanol–water partition coefficient (Wildman–Crippen LogP) is 1.04. The molecule has 1 aliphatic rings. The molecule has 0 amide bonds. The third-order valence-electron chi connectivity index (χ3n) is 3.03. The minimum atomic E-state index is -0.194. The Hall–Kier alpha value is -1.29. The Kier molecular flexibility index (Phi) is 2.52. The van der Waals surface area contributed by atoms with Crippen LogP contribution in [0, 0.1) is 5.82 Å². The molecule has 1 unspecified atom stereocenters. The first-order chi connectivity index (χ1) is 7.13. The average molecular weight is 209 g/mol. The summed E-state index contributed by atoms with van der Waals surface area (Å²) < 4.78 is 13.1. The largest absolute Gasteiger partial charge is 0.371 e. The fourth-order valence-corrected chi connectivity index (χ4v) is 2.07. The number of nitrogens with two attached hydrogens (primary N) is 1. The molecule has 3 nitrogen and oxygen atoms in total. The van der Waals surface area contributed by atoms with Crippen LogP contribution >= 0.6 is 0 Å². The van der Waals surface area contributed by atoms with Crippen molar-refractivity contribution in [3.8, 4) is 0 Å². The van der Waals surface area contributed by atoms with Crippen LogP contribution in [-0.2, 0) is 0 Å². The Balaban J connectivity index is 2.44. The first kappa shape index (κ1) is 10.2. The van der Waals surface area contributed by atoms with E-state index in [9.17, 15) is 4.39 Å². The first-order valence-corrected chi connectivity index (χ1v) is 5.07. The van der Waals surface area contributed by atoms with Gasteiger partial charge in [-0.1, -0.05) is 0 Å². The van der Waals surface area contributed by atoms with Crippen molar-refractivity contribution in [2.24, 2.45) is 5.73 Å². The zero-order valence-corrected chi connectivity index (χ0v) is 9.07. The highest BCUT2D eigenvalue weighted by Gasteiger charge is 2.25. The van der Waals surface area contributed by atoms with Crippen molar-refractivity contribution in [3.63, 3.8) is 0 Å². The highest BCUT2D eigenvalue weighted by molar-refractivity contribution is 5.73. The molecular weight excluding hydrogens is 193 g/mol. The molecule has 82 valence electrons. The fourth-order valence-electron chi connectivity index (χ4n) is 2.07. The van der Waals surface area contributed by atoms with Gasteiger partial charge in [-0.3, -0.25) is 0 Å². The number of rotatable bonds is 1. The minimum Gasteiger partial charge on any atom is -0.371 e. The maximum absolute atomic E-state index is 13.1. The van der Waals surface area contributed by atoms with Gasteiger partial charge in [-0.15, -0.1) is 0 Å². The number of nitrogens with zero attached hydrogens (tertiary/aromatic N) is 2. The van der Waals surface area contributed by atoms with Crippen molar-refractivity contribution < 1.29 is 4.39 Å². The summed E-state index contributed by atoms with van der Waals surface area (Å²) in [5.41, 5.74) is 7.68. The Morgan fingerprint density at radius 1 is 1.40 bits per heavy atom. The van der Waals surface area contributed by atoms with E-state index in [0.717, 1.165) is 17.9 Å².